The van der Waals surface area contributed by atoms with Crippen LogP contribution in [0.15, 0.2) is 12.2 Å². The van der Waals surface area contributed by atoms with Gasteiger partial charge in [-0.05, 0) is 18.3 Å². The molecule has 1 aliphatic carbocycles. The van der Waals surface area contributed by atoms with E-state index in [9.17, 15) is 27.2 Å². The van der Waals surface area contributed by atoms with Gasteiger partial charge in [-0.1, -0.05) is 26.0 Å². The van der Waals surface area contributed by atoms with E-state index in [4.69, 9.17) is 9.84 Å². The lowest BCUT2D eigenvalue weighted by atomic mass is 10.1. The highest BCUT2D eigenvalue weighted by molar-refractivity contribution is 5.78. The number of carboxylic acid groups (broad SMARTS) is 1. The van der Waals surface area contributed by atoms with Crippen molar-refractivity contribution < 1.29 is 37.0 Å². The van der Waals surface area contributed by atoms with Crippen LogP contribution in [0.25, 0.3) is 0 Å². The molecule has 1 aromatic rings. The summed E-state index contributed by atoms with van der Waals surface area (Å²) in [6, 6.07) is 0. The first kappa shape index (κ1) is 19.9. The Labute approximate surface area is 147 Å². The molecular weight excluding hydrogens is 356 g/mol. The quantitative estimate of drug-likeness (QED) is 0.355. The Bertz CT molecular complexity index is 757. The molecule has 1 aromatic carbocycles. The van der Waals surface area contributed by atoms with Gasteiger partial charge in [0.2, 0.25) is 0 Å². The number of allylic oxidation sites excluding steroid dienone is 1. The molecule has 0 radical (unpaired) electrons. The van der Waals surface area contributed by atoms with Crippen LogP contribution in [0.3, 0.4) is 0 Å². The summed E-state index contributed by atoms with van der Waals surface area (Å²) in [7, 11) is 0. The van der Waals surface area contributed by atoms with Crippen molar-refractivity contribution in [3.05, 3.63) is 46.5 Å². The Morgan fingerprint density at radius 1 is 1.12 bits per heavy atom. The second-order valence-corrected chi connectivity index (χ2v) is 6.82. The molecule has 0 saturated heterocycles. The van der Waals surface area contributed by atoms with Crippen molar-refractivity contribution in [3.63, 3.8) is 0 Å². The summed E-state index contributed by atoms with van der Waals surface area (Å²) in [5, 5.41) is 8.60. The fraction of sp³-hybridized carbons (Fsp3) is 0.444. The predicted octanol–water partition coefficient (Wildman–Crippen LogP) is 3.90. The number of rotatable bonds is 6. The van der Waals surface area contributed by atoms with E-state index in [2.05, 4.69) is 0 Å². The third-order valence-corrected chi connectivity index (χ3v) is 4.73. The molecule has 2 unspecified atom stereocenters. The average Bonchev–Trinajstić information content (AvgIpc) is 3.11. The molecule has 142 valence electrons. The fourth-order valence-corrected chi connectivity index (χ4v) is 2.95. The number of hydrogen-bond acceptors (Lipinski definition) is 3. The molecule has 0 bridgehead atoms. The van der Waals surface area contributed by atoms with Crippen LogP contribution in [-0.4, -0.2) is 17.0 Å². The molecule has 2 rings (SSSR count). The largest absolute Gasteiger partial charge is 0.481 e. The first-order valence-corrected chi connectivity index (χ1v) is 7.86. The van der Waals surface area contributed by atoms with Gasteiger partial charge < -0.3 is 9.84 Å². The minimum atomic E-state index is -1.60. The molecule has 4 nitrogen and oxygen atoms in total. The zero-order valence-electron chi connectivity index (χ0n) is 14.4. The van der Waals surface area contributed by atoms with E-state index in [1.54, 1.807) is 19.9 Å². The van der Waals surface area contributed by atoms with Gasteiger partial charge in [-0.2, -0.15) is 0 Å². The van der Waals surface area contributed by atoms with Crippen molar-refractivity contribution in [2.75, 3.05) is 0 Å². The normalized spacial score (nSPS) is 21.0. The van der Waals surface area contributed by atoms with Gasteiger partial charge in [0.25, 0.3) is 0 Å². The zero-order chi connectivity index (χ0) is 19.8. The van der Waals surface area contributed by atoms with Gasteiger partial charge in [-0.3, -0.25) is 9.59 Å². The summed E-state index contributed by atoms with van der Waals surface area (Å²) in [6.07, 6.45) is 2.78. The molecule has 0 amide bonds. The number of aliphatic carboxylic acids is 1. The van der Waals surface area contributed by atoms with Crippen molar-refractivity contribution in [2.24, 2.45) is 17.3 Å². The van der Waals surface area contributed by atoms with Gasteiger partial charge >= 0.3 is 11.9 Å². The highest BCUT2D eigenvalue weighted by Gasteiger charge is 2.61. The number of ether oxygens (including phenoxy) is 1. The topological polar surface area (TPSA) is 63.6 Å². The van der Waals surface area contributed by atoms with Crippen molar-refractivity contribution in [3.8, 4) is 0 Å². The standard InChI is InChI=1S/C18H18F4O4/c1-8-13(19)15(21)9(16(22)14(8)20)7-26-17(25)12-10(18(12,2)3)5-4-6-11(23)24/h4-5,10,12H,6-7H2,1-3H3,(H,23,24). The van der Waals surface area contributed by atoms with E-state index in [0.717, 1.165) is 6.92 Å². The van der Waals surface area contributed by atoms with Crippen LogP contribution in [0.5, 0.6) is 0 Å². The molecule has 1 aliphatic rings. The maximum absolute atomic E-state index is 13.8. The molecule has 0 aliphatic heterocycles. The smallest absolute Gasteiger partial charge is 0.310 e. The highest BCUT2D eigenvalue weighted by atomic mass is 19.2. The van der Waals surface area contributed by atoms with Crippen LogP contribution in [0.4, 0.5) is 17.6 Å². The van der Waals surface area contributed by atoms with Crippen LogP contribution in [0.1, 0.15) is 31.4 Å². The third-order valence-electron chi connectivity index (χ3n) is 4.73. The summed E-state index contributed by atoms with van der Waals surface area (Å²) >= 11 is 0. The number of carboxylic acids is 1. The lowest BCUT2D eigenvalue weighted by Crippen LogP contribution is -2.14. The van der Waals surface area contributed by atoms with E-state index >= 15 is 0 Å². The Morgan fingerprint density at radius 2 is 1.65 bits per heavy atom. The summed E-state index contributed by atoms with van der Waals surface area (Å²) in [5.74, 6) is -8.99. The maximum atomic E-state index is 13.8. The second kappa shape index (κ2) is 7.09. The minimum absolute atomic E-state index is 0.202. The SMILES string of the molecule is Cc1c(F)c(F)c(COC(=O)C2C(C=CCC(=O)O)C2(C)C)c(F)c1F. The molecule has 8 heteroatoms. The van der Waals surface area contributed by atoms with Crippen LogP contribution < -0.4 is 0 Å². The first-order chi connectivity index (χ1) is 12.0. The number of benzene rings is 1. The lowest BCUT2D eigenvalue weighted by molar-refractivity contribution is -0.147. The highest BCUT2D eigenvalue weighted by Crippen LogP contribution is 2.59. The van der Waals surface area contributed by atoms with Crippen molar-refractivity contribution in [1.82, 2.24) is 0 Å². The number of esters is 1. The Morgan fingerprint density at radius 3 is 2.15 bits per heavy atom. The van der Waals surface area contributed by atoms with Crippen molar-refractivity contribution in [1.29, 1.82) is 0 Å². The van der Waals surface area contributed by atoms with E-state index in [0.29, 0.717) is 0 Å². The summed E-state index contributed by atoms with van der Waals surface area (Å²) in [4.78, 5) is 22.7. The zero-order valence-corrected chi connectivity index (χ0v) is 14.4. The van der Waals surface area contributed by atoms with Crippen LogP contribution in [0, 0.1) is 47.4 Å². The molecule has 1 N–H and O–H groups in total. The number of carbonyl (C=O) groups is 2. The molecule has 1 fully saturated rings. The molecule has 2 atom stereocenters. The summed E-state index contributed by atoms with van der Waals surface area (Å²) in [6.45, 7) is 3.46. The summed E-state index contributed by atoms with van der Waals surface area (Å²) < 4.78 is 59.5. The van der Waals surface area contributed by atoms with Gasteiger partial charge in [0.1, 0.15) is 6.61 Å². The van der Waals surface area contributed by atoms with Gasteiger partial charge in [0, 0.05) is 5.56 Å². The van der Waals surface area contributed by atoms with Gasteiger partial charge in [0.15, 0.2) is 23.3 Å². The van der Waals surface area contributed by atoms with Gasteiger partial charge in [0.05, 0.1) is 17.9 Å². The van der Waals surface area contributed by atoms with Crippen LogP contribution >= 0.6 is 0 Å². The van der Waals surface area contributed by atoms with Crippen molar-refractivity contribution >= 4 is 11.9 Å². The van der Waals surface area contributed by atoms with Crippen molar-refractivity contribution in [2.45, 2.75) is 33.8 Å². The number of hydrogen-bond donors (Lipinski definition) is 1. The van der Waals surface area contributed by atoms with E-state index in [1.807, 2.05) is 0 Å². The molecule has 0 heterocycles. The lowest BCUT2D eigenvalue weighted by Gasteiger charge is -2.10. The average molecular weight is 374 g/mol. The molecule has 0 spiro atoms. The molecule has 0 aromatic heterocycles. The minimum Gasteiger partial charge on any atom is -0.481 e. The summed E-state index contributed by atoms with van der Waals surface area (Å²) in [5.41, 5.74) is -2.30. The molecular formula is C18H18F4O4. The van der Waals surface area contributed by atoms with E-state index in [1.165, 1.54) is 6.08 Å². The number of halogens is 4. The maximum Gasteiger partial charge on any atom is 0.310 e. The fourth-order valence-electron chi connectivity index (χ4n) is 2.95. The predicted molar refractivity (Wildman–Crippen MR) is 83.0 cm³/mol. The third kappa shape index (κ3) is 3.59. The molecule has 26 heavy (non-hydrogen) atoms. The van der Waals surface area contributed by atoms with Crippen LogP contribution in [0.2, 0.25) is 0 Å². The van der Waals surface area contributed by atoms with Gasteiger partial charge in [-0.15, -0.1) is 0 Å². The Balaban J connectivity index is 2.08. The number of carbonyl (C=O) groups excluding carboxylic acids is 1. The second-order valence-electron chi connectivity index (χ2n) is 6.82. The monoisotopic (exact) mass is 374 g/mol. The Hall–Kier alpha value is -2.38. The van der Waals surface area contributed by atoms with E-state index < -0.39 is 64.3 Å². The first-order valence-electron chi connectivity index (χ1n) is 7.86. The van der Waals surface area contributed by atoms with E-state index in [-0.39, 0.29) is 12.3 Å². The Kier molecular flexibility index (Phi) is 5.44. The molecule has 1 saturated carbocycles. The van der Waals surface area contributed by atoms with Gasteiger partial charge in [-0.25, -0.2) is 17.6 Å². The van der Waals surface area contributed by atoms with Crippen LogP contribution in [-0.2, 0) is 20.9 Å².